The van der Waals surface area contributed by atoms with E-state index >= 15 is 0 Å². The Morgan fingerprint density at radius 2 is 2.03 bits per heavy atom. The smallest absolute Gasteiger partial charge is 0.433 e. The molecular formula is C21H16F3N5O2. The second-order valence-corrected chi connectivity index (χ2v) is 6.47. The Morgan fingerprint density at radius 3 is 2.61 bits per heavy atom. The minimum absolute atomic E-state index is 0.129. The number of nitrogens with zero attached hydrogens (tertiary/aromatic N) is 3. The third-order valence-corrected chi connectivity index (χ3v) is 4.33. The normalized spacial score (nSPS) is 11.8. The quantitative estimate of drug-likeness (QED) is 0.469. The fourth-order valence-electron chi connectivity index (χ4n) is 2.71. The second-order valence-electron chi connectivity index (χ2n) is 6.47. The second kappa shape index (κ2) is 8.71. The van der Waals surface area contributed by atoms with Crippen LogP contribution in [0.15, 0.2) is 58.3 Å². The first kappa shape index (κ1) is 21.6. The predicted molar refractivity (Wildman–Crippen MR) is 106 cm³/mol. The summed E-state index contributed by atoms with van der Waals surface area (Å²) in [6.45, 7) is 1.74. The zero-order chi connectivity index (χ0) is 22.6. The van der Waals surface area contributed by atoms with E-state index in [1.807, 2.05) is 6.07 Å². The van der Waals surface area contributed by atoms with Gasteiger partial charge in [0.1, 0.15) is 17.3 Å². The zero-order valence-electron chi connectivity index (χ0n) is 16.2. The molecule has 31 heavy (non-hydrogen) atoms. The maximum Gasteiger partial charge on any atom is 0.433 e. The zero-order valence-corrected chi connectivity index (χ0v) is 16.2. The molecule has 0 aliphatic heterocycles. The van der Waals surface area contributed by atoms with E-state index in [0.717, 1.165) is 12.3 Å². The summed E-state index contributed by atoms with van der Waals surface area (Å²) in [5.74, 6) is -0.347. The molecule has 0 aliphatic carbocycles. The number of rotatable bonds is 5. The Bertz CT molecular complexity index is 1170. The summed E-state index contributed by atoms with van der Waals surface area (Å²) < 4.78 is 43.0. The first-order valence-corrected chi connectivity index (χ1v) is 8.92. The highest BCUT2D eigenvalue weighted by molar-refractivity contribution is 6.11. The molecule has 3 N–H and O–H groups in total. The van der Waals surface area contributed by atoms with Crippen molar-refractivity contribution < 1.29 is 22.4 Å². The minimum Gasteiger partial charge on any atom is -0.469 e. The van der Waals surface area contributed by atoms with Crippen molar-refractivity contribution in [1.29, 1.82) is 5.26 Å². The van der Waals surface area contributed by atoms with Gasteiger partial charge >= 0.3 is 6.18 Å². The van der Waals surface area contributed by atoms with Crippen molar-refractivity contribution in [2.75, 3.05) is 5.32 Å². The van der Waals surface area contributed by atoms with Gasteiger partial charge in [0.2, 0.25) is 0 Å². The summed E-state index contributed by atoms with van der Waals surface area (Å²) in [6.07, 6.45) is -2.05. The Labute approximate surface area is 175 Å². The van der Waals surface area contributed by atoms with Crippen LogP contribution < -0.4 is 11.1 Å². The van der Waals surface area contributed by atoms with E-state index in [1.54, 1.807) is 13.0 Å². The number of furan rings is 1. The average Bonchev–Trinajstić information content (AvgIpc) is 3.17. The SMILES string of the molecule is Cc1occc1C(=O)N=C(N)c1cc(C#N)ccc1NCc1ccc(C(F)(F)F)nc1. The van der Waals surface area contributed by atoms with Gasteiger partial charge in [-0.15, -0.1) is 0 Å². The molecule has 0 spiro atoms. The van der Waals surface area contributed by atoms with Gasteiger partial charge in [0.05, 0.1) is 23.5 Å². The third-order valence-electron chi connectivity index (χ3n) is 4.33. The number of amidine groups is 1. The lowest BCUT2D eigenvalue weighted by atomic mass is 10.1. The van der Waals surface area contributed by atoms with Gasteiger partial charge in [-0.3, -0.25) is 9.78 Å². The highest BCUT2D eigenvalue weighted by Crippen LogP contribution is 2.27. The van der Waals surface area contributed by atoms with Crippen molar-refractivity contribution in [3.8, 4) is 6.07 Å². The number of nitrogens with one attached hydrogen (secondary N) is 1. The van der Waals surface area contributed by atoms with E-state index in [2.05, 4.69) is 15.3 Å². The number of halogens is 3. The van der Waals surface area contributed by atoms with Gasteiger partial charge in [0, 0.05) is 24.0 Å². The van der Waals surface area contributed by atoms with Crippen LogP contribution in [0.4, 0.5) is 18.9 Å². The topological polar surface area (TPSA) is 117 Å². The van der Waals surface area contributed by atoms with E-state index in [9.17, 15) is 23.2 Å². The average molecular weight is 427 g/mol. The molecule has 3 rings (SSSR count). The van der Waals surface area contributed by atoms with Crippen LogP contribution in [0.5, 0.6) is 0 Å². The number of pyridine rings is 1. The van der Waals surface area contributed by atoms with Crippen LogP contribution in [-0.2, 0) is 12.7 Å². The monoisotopic (exact) mass is 427 g/mol. The van der Waals surface area contributed by atoms with E-state index < -0.39 is 17.8 Å². The molecule has 1 aromatic carbocycles. The first-order chi connectivity index (χ1) is 14.7. The molecular weight excluding hydrogens is 411 g/mol. The lowest BCUT2D eigenvalue weighted by Crippen LogP contribution is -2.18. The van der Waals surface area contributed by atoms with Crippen molar-refractivity contribution in [3.63, 3.8) is 0 Å². The van der Waals surface area contributed by atoms with Gasteiger partial charge in [-0.1, -0.05) is 6.07 Å². The van der Waals surface area contributed by atoms with Crippen LogP contribution in [0, 0.1) is 18.3 Å². The summed E-state index contributed by atoms with van der Waals surface area (Å²) in [4.78, 5) is 19.7. The first-order valence-electron chi connectivity index (χ1n) is 8.92. The number of benzene rings is 1. The molecule has 0 fully saturated rings. The molecule has 10 heteroatoms. The Morgan fingerprint density at radius 1 is 1.26 bits per heavy atom. The van der Waals surface area contributed by atoms with Gasteiger partial charge in [0.15, 0.2) is 0 Å². The molecule has 0 radical (unpaired) electrons. The summed E-state index contributed by atoms with van der Waals surface area (Å²) in [6, 6.07) is 10.2. The van der Waals surface area contributed by atoms with Gasteiger partial charge in [-0.2, -0.15) is 23.4 Å². The number of anilines is 1. The summed E-state index contributed by atoms with van der Waals surface area (Å²) in [5, 5.41) is 12.2. The molecule has 0 atom stereocenters. The maximum absolute atomic E-state index is 12.6. The van der Waals surface area contributed by atoms with Crippen LogP contribution >= 0.6 is 0 Å². The number of aromatic nitrogens is 1. The lowest BCUT2D eigenvalue weighted by molar-refractivity contribution is -0.141. The highest BCUT2D eigenvalue weighted by atomic mass is 19.4. The Kier molecular flexibility index (Phi) is 6.06. The maximum atomic E-state index is 12.6. The van der Waals surface area contributed by atoms with Crippen LogP contribution in [0.1, 0.15) is 38.5 Å². The van der Waals surface area contributed by atoms with Crippen LogP contribution in [-0.4, -0.2) is 16.7 Å². The van der Waals surface area contributed by atoms with E-state index in [-0.39, 0.29) is 17.9 Å². The van der Waals surface area contributed by atoms with E-state index in [1.165, 1.54) is 30.5 Å². The number of hydrogen-bond acceptors (Lipinski definition) is 5. The number of aryl methyl sites for hydroxylation is 1. The van der Waals surface area contributed by atoms with Crippen LogP contribution in [0.2, 0.25) is 0 Å². The molecule has 7 nitrogen and oxygen atoms in total. The summed E-state index contributed by atoms with van der Waals surface area (Å²) in [7, 11) is 0. The van der Waals surface area contributed by atoms with Crippen molar-refractivity contribution in [3.05, 3.63) is 82.6 Å². The van der Waals surface area contributed by atoms with Crippen molar-refractivity contribution >= 4 is 17.4 Å². The standard InChI is InChI=1S/C21H16F3N5O2/c1-12-15(6-7-31-12)20(30)29-19(26)16-8-13(9-25)2-4-17(16)27-10-14-3-5-18(28-11-14)21(22,23)24/h2-8,11,27H,10H2,1H3,(H2,26,29,30). The highest BCUT2D eigenvalue weighted by Gasteiger charge is 2.32. The number of carbonyl (C=O) groups excluding carboxylic acids is 1. The fourth-order valence-corrected chi connectivity index (χ4v) is 2.71. The number of nitriles is 1. The Balaban J connectivity index is 1.85. The van der Waals surface area contributed by atoms with E-state index in [0.29, 0.717) is 28.1 Å². The molecule has 0 saturated heterocycles. The molecule has 0 aliphatic rings. The van der Waals surface area contributed by atoms with Gasteiger partial charge in [0.25, 0.3) is 5.91 Å². The number of nitrogens with two attached hydrogens (primary N) is 1. The number of carbonyl (C=O) groups is 1. The number of alkyl halides is 3. The molecule has 1 amide bonds. The third kappa shape index (κ3) is 5.08. The van der Waals surface area contributed by atoms with Gasteiger partial charge in [-0.25, -0.2) is 0 Å². The largest absolute Gasteiger partial charge is 0.469 e. The van der Waals surface area contributed by atoms with Gasteiger partial charge in [-0.05, 0) is 42.8 Å². The predicted octanol–water partition coefficient (Wildman–Crippen LogP) is 4.03. The molecule has 3 aromatic rings. The van der Waals surface area contributed by atoms with Crippen LogP contribution in [0.3, 0.4) is 0 Å². The fraction of sp³-hybridized carbons (Fsp3) is 0.143. The lowest BCUT2D eigenvalue weighted by Gasteiger charge is -2.13. The number of hydrogen-bond donors (Lipinski definition) is 2. The molecule has 2 aromatic heterocycles. The molecule has 0 saturated carbocycles. The molecule has 0 bridgehead atoms. The summed E-state index contributed by atoms with van der Waals surface area (Å²) in [5.41, 5.74) is 6.82. The number of aliphatic imine (C=N–C) groups is 1. The van der Waals surface area contributed by atoms with Crippen LogP contribution in [0.25, 0.3) is 0 Å². The minimum atomic E-state index is -4.52. The molecule has 0 unspecified atom stereocenters. The van der Waals surface area contributed by atoms with Crippen molar-refractivity contribution in [1.82, 2.24) is 4.98 Å². The summed E-state index contributed by atoms with van der Waals surface area (Å²) >= 11 is 0. The van der Waals surface area contributed by atoms with E-state index in [4.69, 9.17) is 10.2 Å². The molecule has 158 valence electrons. The molecule has 2 heterocycles. The number of amides is 1. The van der Waals surface area contributed by atoms with Gasteiger partial charge < -0.3 is 15.5 Å². The van der Waals surface area contributed by atoms with Crippen molar-refractivity contribution in [2.45, 2.75) is 19.6 Å². The Hall–Kier alpha value is -4.13. The van der Waals surface area contributed by atoms with Crippen molar-refractivity contribution in [2.24, 2.45) is 10.7 Å².